The Hall–Kier alpha value is -1.95. The third-order valence-corrected chi connectivity index (χ3v) is 4.51. The summed E-state index contributed by atoms with van der Waals surface area (Å²) in [6.07, 6.45) is 1.42. The van der Waals surface area contributed by atoms with Gasteiger partial charge in [0, 0.05) is 29.3 Å². The molecule has 6 heteroatoms. The van der Waals surface area contributed by atoms with E-state index in [-0.39, 0.29) is 11.6 Å². The lowest BCUT2D eigenvalue weighted by molar-refractivity contribution is 0.575. The largest absolute Gasteiger partial charge is 0.393 e. The lowest BCUT2D eigenvalue weighted by Crippen LogP contribution is -2.32. The van der Waals surface area contributed by atoms with Crippen molar-refractivity contribution in [2.24, 2.45) is 0 Å². The van der Waals surface area contributed by atoms with Gasteiger partial charge in [-0.3, -0.25) is 14.3 Å². The highest BCUT2D eigenvalue weighted by molar-refractivity contribution is 7.99. The number of nitrogens with zero attached hydrogens (tertiary/aromatic N) is 1. The number of H-pyrrole nitrogens is 1. The molecule has 2 aromatic rings. The first-order chi connectivity index (χ1) is 9.15. The highest BCUT2D eigenvalue weighted by atomic mass is 32.2. The van der Waals surface area contributed by atoms with Crippen LogP contribution in [0.25, 0.3) is 0 Å². The lowest BCUT2D eigenvalue weighted by Gasteiger charge is -2.12. The average molecular weight is 275 g/mol. The second-order valence-corrected chi connectivity index (χ2v) is 5.60. The molecule has 0 bridgehead atoms. The minimum atomic E-state index is -0.526. The number of aromatic amines is 1. The minimum absolute atomic E-state index is 0.0681. The molecule has 98 valence electrons. The third kappa shape index (κ3) is 2.19. The predicted octanol–water partition coefficient (Wildman–Crippen LogP) is 1.01. The van der Waals surface area contributed by atoms with Crippen molar-refractivity contribution in [3.8, 4) is 0 Å². The van der Waals surface area contributed by atoms with Crippen LogP contribution in [0.15, 0.2) is 44.9 Å². The highest BCUT2D eigenvalue weighted by Crippen LogP contribution is 2.39. The maximum absolute atomic E-state index is 11.7. The molecule has 0 saturated carbocycles. The Bertz CT molecular complexity index is 735. The van der Waals surface area contributed by atoms with Crippen LogP contribution in [0.2, 0.25) is 0 Å². The molecule has 0 radical (unpaired) electrons. The molecule has 1 unspecified atom stereocenters. The van der Waals surface area contributed by atoms with E-state index >= 15 is 0 Å². The van der Waals surface area contributed by atoms with Crippen LogP contribution in [0.4, 0.5) is 5.69 Å². The number of rotatable bonds is 2. The van der Waals surface area contributed by atoms with Gasteiger partial charge in [-0.15, -0.1) is 11.8 Å². The van der Waals surface area contributed by atoms with Crippen molar-refractivity contribution >= 4 is 17.4 Å². The molecule has 2 heterocycles. The van der Waals surface area contributed by atoms with Crippen molar-refractivity contribution in [3.63, 3.8) is 0 Å². The van der Waals surface area contributed by atoms with Crippen molar-refractivity contribution in [2.45, 2.75) is 17.4 Å². The molecular formula is C13H13N3O2S. The van der Waals surface area contributed by atoms with E-state index in [0.29, 0.717) is 6.54 Å². The van der Waals surface area contributed by atoms with Gasteiger partial charge in [0.1, 0.15) is 5.69 Å². The van der Waals surface area contributed by atoms with E-state index in [1.807, 2.05) is 12.1 Å². The SMILES string of the molecule is Nc1cn(CC2CSc3ccccc32)c(=O)[nH]c1=O. The standard InChI is InChI=1S/C13H13N3O2S/c14-10-6-16(13(18)15-12(10)17)5-8-7-19-11-4-2-1-3-9(8)11/h1-4,6,8H,5,7,14H2,(H,15,17,18). The molecule has 1 atom stereocenters. The molecule has 19 heavy (non-hydrogen) atoms. The zero-order chi connectivity index (χ0) is 13.4. The van der Waals surface area contributed by atoms with Crippen LogP contribution in [0, 0.1) is 0 Å². The molecule has 3 rings (SSSR count). The molecular weight excluding hydrogens is 262 g/mol. The van der Waals surface area contributed by atoms with Gasteiger partial charge < -0.3 is 5.73 Å². The molecule has 1 aliphatic heterocycles. The summed E-state index contributed by atoms with van der Waals surface area (Å²) in [6.45, 7) is 0.532. The molecule has 1 aromatic heterocycles. The fourth-order valence-electron chi connectivity index (χ4n) is 2.28. The molecule has 0 saturated heterocycles. The van der Waals surface area contributed by atoms with Crippen LogP contribution in [0.3, 0.4) is 0 Å². The summed E-state index contributed by atoms with van der Waals surface area (Å²) in [5.74, 6) is 1.20. The van der Waals surface area contributed by atoms with Gasteiger partial charge in [0.15, 0.2) is 0 Å². The maximum atomic E-state index is 11.7. The first-order valence-corrected chi connectivity index (χ1v) is 6.94. The minimum Gasteiger partial charge on any atom is -0.393 e. The fraction of sp³-hybridized carbons (Fsp3) is 0.231. The van der Waals surface area contributed by atoms with Gasteiger partial charge in [0.2, 0.25) is 0 Å². The van der Waals surface area contributed by atoms with Crippen molar-refractivity contribution in [1.29, 1.82) is 0 Å². The number of hydrogen-bond acceptors (Lipinski definition) is 4. The normalized spacial score (nSPS) is 17.4. The molecule has 0 spiro atoms. The average Bonchev–Trinajstić information content (AvgIpc) is 2.80. The first kappa shape index (κ1) is 12.1. The Morgan fingerprint density at radius 1 is 1.37 bits per heavy atom. The summed E-state index contributed by atoms with van der Waals surface area (Å²) < 4.78 is 1.48. The number of hydrogen-bond donors (Lipinski definition) is 2. The molecule has 0 fully saturated rings. The van der Waals surface area contributed by atoms with Gasteiger partial charge in [0.25, 0.3) is 5.56 Å². The predicted molar refractivity (Wildman–Crippen MR) is 75.6 cm³/mol. The summed E-state index contributed by atoms with van der Waals surface area (Å²) in [5, 5.41) is 0. The first-order valence-electron chi connectivity index (χ1n) is 5.96. The van der Waals surface area contributed by atoms with Gasteiger partial charge in [-0.2, -0.15) is 0 Å². The fourth-order valence-corrected chi connectivity index (χ4v) is 3.52. The number of nitrogens with two attached hydrogens (primary N) is 1. The summed E-state index contributed by atoms with van der Waals surface area (Å²) in [5.41, 5.74) is 5.94. The molecule has 3 N–H and O–H groups in total. The van der Waals surface area contributed by atoms with E-state index in [2.05, 4.69) is 17.1 Å². The van der Waals surface area contributed by atoms with Gasteiger partial charge in [-0.05, 0) is 11.6 Å². The molecule has 0 amide bonds. The van der Waals surface area contributed by atoms with Crippen LogP contribution in [0.1, 0.15) is 11.5 Å². The zero-order valence-corrected chi connectivity index (χ0v) is 10.9. The van der Waals surface area contributed by atoms with Crippen LogP contribution in [-0.2, 0) is 6.54 Å². The Labute approximate surface area is 113 Å². The van der Waals surface area contributed by atoms with Crippen LogP contribution in [-0.4, -0.2) is 15.3 Å². The number of nitrogen functional groups attached to an aromatic ring is 1. The van der Waals surface area contributed by atoms with Crippen molar-refractivity contribution in [1.82, 2.24) is 9.55 Å². The van der Waals surface area contributed by atoms with E-state index in [4.69, 9.17) is 5.73 Å². The number of aromatic nitrogens is 2. The van der Waals surface area contributed by atoms with Crippen molar-refractivity contribution in [3.05, 3.63) is 56.9 Å². The van der Waals surface area contributed by atoms with Crippen LogP contribution in [0.5, 0.6) is 0 Å². The van der Waals surface area contributed by atoms with Gasteiger partial charge >= 0.3 is 5.69 Å². The smallest absolute Gasteiger partial charge is 0.328 e. The number of anilines is 1. The summed E-state index contributed by atoms with van der Waals surface area (Å²) in [4.78, 5) is 26.5. The Morgan fingerprint density at radius 3 is 3.00 bits per heavy atom. The number of benzene rings is 1. The highest BCUT2D eigenvalue weighted by Gasteiger charge is 2.23. The number of fused-ring (bicyclic) bond motifs is 1. The van der Waals surface area contributed by atoms with E-state index in [0.717, 1.165) is 5.75 Å². The van der Waals surface area contributed by atoms with Crippen LogP contribution < -0.4 is 17.0 Å². The molecule has 0 aliphatic carbocycles. The maximum Gasteiger partial charge on any atom is 0.328 e. The van der Waals surface area contributed by atoms with Gasteiger partial charge in [-0.25, -0.2) is 4.79 Å². The Balaban J connectivity index is 1.94. The second-order valence-electron chi connectivity index (χ2n) is 4.54. The van der Waals surface area contributed by atoms with Gasteiger partial charge in [-0.1, -0.05) is 18.2 Å². The molecule has 1 aromatic carbocycles. The van der Waals surface area contributed by atoms with Gasteiger partial charge in [0.05, 0.1) is 0 Å². The van der Waals surface area contributed by atoms with Crippen molar-refractivity contribution < 1.29 is 0 Å². The quantitative estimate of drug-likeness (QED) is 0.857. The van der Waals surface area contributed by atoms with E-state index < -0.39 is 11.2 Å². The summed E-state index contributed by atoms with van der Waals surface area (Å²) >= 11 is 1.79. The monoisotopic (exact) mass is 275 g/mol. The third-order valence-electron chi connectivity index (χ3n) is 3.25. The summed E-state index contributed by atoms with van der Waals surface area (Å²) in [6, 6.07) is 8.18. The summed E-state index contributed by atoms with van der Waals surface area (Å²) in [7, 11) is 0. The Kier molecular flexibility index (Phi) is 2.94. The van der Waals surface area contributed by atoms with Crippen molar-refractivity contribution in [2.75, 3.05) is 11.5 Å². The number of nitrogens with one attached hydrogen (secondary N) is 1. The lowest BCUT2D eigenvalue weighted by atomic mass is 10.0. The van der Waals surface area contributed by atoms with E-state index in [1.54, 1.807) is 11.8 Å². The van der Waals surface area contributed by atoms with E-state index in [1.165, 1.54) is 21.2 Å². The van der Waals surface area contributed by atoms with Crippen LogP contribution >= 0.6 is 11.8 Å². The number of thioether (sulfide) groups is 1. The zero-order valence-electron chi connectivity index (χ0n) is 10.1. The Morgan fingerprint density at radius 2 is 2.16 bits per heavy atom. The molecule has 5 nitrogen and oxygen atoms in total. The molecule has 1 aliphatic rings. The van der Waals surface area contributed by atoms with E-state index in [9.17, 15) is 9.59 Å². The second kappa shape index (κ2) is 4.62. The topological polar surface area (TPSA) is 80.9 Å².